The van der Waals surface area contributed by atoms with Gasteiger partial charge in [-0.25, -0.2) is 5.43 Å². The van der Waals surface area contributed by atoms with Crippen molar-refractivity contribution in [2.24, 2.45) is 5.10 Å². The Morgan fingerprint density at radius 2 is 2.05 bits per heavy atom. The topological polar surface area (TPSA) is 63.6 Å². The summed E-state index contributed by atoms with van der Waals surface area (Å²) in [6, 6.07) is 9.46. The van der Waals surface area contributed by atoms with Crippen molar-refractivity contribution in [3.63, 3.8) is 0 Å². The van der Waals surface area contributed by atoms with E-state index >= 15 is 0 Å². The van der Waals surface area contributed by atoms with Gasteiger partial charge in [0.15, 0.2) is 6.61 Å². The Balaban J connectivity index is 1.82. The standard InChI is InChI=1S/C16H17N3O2/c1-12-3-4-13(2)15(9-12)21-11-16(20)19-18-10-14-5-7-17-8-6-14/h3-10H,11H2,1-2H3,(H,19,20)/b18-10-. The number of rotatable bonds is 5. The molecule has 0 unspecified atom stereocenters. The Morgan fingerprint density at radius 1 is 1.29 bits per heavy atom. The fraction of sp³-hybridized carbons (Fsp3) is 0.188. The fourth-order valence-electron chi connectivity index (χ4n) is 1.67. The highest BCUT2D eigenvalue weighted by atomic mass is 16.5. The number of amides is 1. The van der Waals surface area contributed by atoms with Crippen molar-refractivity contribution in [2.75, 3.05) is 6.61 Å². The minimum Gasteiger partial charge on any atom is -0.483 e. The van der Waals surface area contributed by atoms with Crippen LogP contribution >= 0.6 is 0 Å². The molecule has 1 N–H and O–H groups in total. The number of carbonyl (C=O) groups excluding carboxylic acids is 1. The lowest BCUT2D eigenvalue weighted by Gasteiger charge is -2.08. The molecule has 0 aliphatic carbocycles. The molecule has 0 radical (unpaired) electrons. The lowest BCUT2D eigenvalue weighted by Crippen LogP contribution is -2.24. The molecule has 2 rings (SSSR count). The van der Waals surface area contributed by atoms with Crippen LogP contribution in [0.4, 0.5) is 0 Å². The van der Waals surface area contributed by atoms with Crippen LogP contribution in [0.25, 0.3) is 0 Å². The van der Waals surface area contributed by atoms with Gasteiger partial charge in [0.2, 0.25) is 0 Å². The third-order valence-corrected chi connectivity index (χ3v) is 2.81. The average molecular weight is 283 g/mol. The van der Waals surface area contributed by atoms with Crippen LogP contribution < -0.4 is 10.2 Å². The maximum Gasteiger partial charge on any atom is 0.277 e. The molecule has 0 saturated carbocycles. The van der Waals surface area contributed by atoms with E-state index in [1.165, 1.54) is 0 Å². The van der Waals surface area contributed by atoms with Crippen LogP contribution in [0.5, 0.6) is 5.75 Å². The maximum absolute atomic E-state index is 11.6. The Bertz CT molecular complexity index is 639. The molecule has 2 aromatic rings. The van der Waals surface area contributed by atoms with E-state index in [0.29, 0.717) is 5.75 Å². The molecule has 5 heteroatoms. The van der Waals surface area contributed by atoms with E-state index in [1.54, 1.807) is 30.7 Å². The first-order chi connectivity index (χ1) is 10.1. The highest BCUT2D eigenvalue weighted by Crippen LogP contribution is 2.18. The number of nitrogens with zero attached hydrogens (tertiary/aromatic N) is 2. The maximum atomic E-state index is 11.6. The van der Waals surface area contributed by atoms with Crippen LogP contribution in [0.1, 0.15) is 16.7 Å². The van der Waals surface area contributed by atoms with Gasteiger partial charge in [-0.05, 0) is 48.7 Å². The summed E-state index contributed by atoms with van der Waals surface area (Å²) in [5.74, 6) is 0.407. The van der Waals surface area contributed by atoms with Crippen molar-refractivity contribution in [1.82, 2.24) is 10.4 Å². The van der Waals surface area contributed by atoms with E-state index in [-0.39, 0.29) is 12.5 Å². The Hall–Kier alpha value is -2.69. The first-order valence-electron chi connectivity index (χ1n) is 6.57. The first-order valence-corrected chi connectivity index (χ1v) is 6.57. The summed E-state index contributed by atoms with van der Waals surface area (Å²) in [4.78, 5) is 15.5. The number of pyridine rings is 1. The molecule has 0 spiro atoms. The van der Waals surface area contributed by atoms with Gasteiger partial charge in [0.1, 0.15) is 5.75 Å². The summed E-state index contributed by atoms with van der Waals surface area (Å²) in [5.41, 5.74) is 5.37. The van der Waals surface area contributed by atoms with Gasteiger partial charge in [-0.3, -0.25) is 9.78 Å². The molecule has 108 valence electrons. The lowest BCUT2D eigenvalue weighted by atomic mass is 10.1. The predicted octanol–water partition coefficient (Wildman–Crippen LogP) is 2.23. The van der Waals surface area contributed by atoms with E-state index in [4.69, 9.17) is 4.74 Å². The molecule has 0 bridgehead atoms. The molecule has 1 aromatic carbocycles. The van der Waals surface area contributed by atoms with Gasteiger partial charge < -0.3 is 4.74 Å². The minimum absolute atomic E-state index is 0.0714. The van der Waals surface area contributed by atoms with Gasteiger partial charge in [0.05, 0.1) is 6.21 Å². The second-order valence-electron chi connectivity index (χ2n) is 4.63. The van der Waals surface area contributed by atoms with Gasteiger partial charge in [-0.15, -0.1) is 0 Å². The number of benzene rings is 1. The molecule has 1 amide bonds. The molecule has 0 atom stereocenters. The highest BCUT2D eigenvalue weighted by molar-refractivity contribution is 5.82. The molecule has 0 saturated heterocycles. The number of hydrogen-bond acceptors (Lipinski definition) is 4. The van der Waals surface area contributed by atoms with Crippen LogP contribution in [0.2, 0.25) is 0 Å². The van der Waals surface area contributed by atoms with Gasteiger partial charge in [-0.1, -0.05) is 12.1 Å². The highest BCUT2D eigenvalue weighted by Gasteiger charge is 2.04. The van der Waals surface area contributed by atoms with Crippen molar-refractivity contribution >= 4 is 12.1 Å². The zero-order valence-corrected chi connectivity index (χ0v) is 12.0. The van der Waals surface area contributed by atoms with E-state index in [1.807, 2.05) is 32.0 Å². The SMILES string of the molecule is Cc1ccc(C)c(OCC(=O)N/N=C\c2ccncc2)c1. The van der Waals surface area contributed by atoms with Crippen LogP contribution in [-0.2, 0) is 4.79 Å². The van der Waals surface area contributed by atoms with Crippen LogP contribution in [0.15, 0.2) is 47.8 Å². The molecule has 0 aliphatic heterocycles. The van der Waals surface area contributed by atoms with Crippen molar-refractivity contribution in [3.05, 3.63) is 59.4 Å². The van der Waals surface area contributed by atoms with E-state index in [9.17, 15) is 4.79 Å². The number of hydrogen-bond donors (Lipinski definition) is 1. The fourth-order valence-corrected chi connectivity index (χ4v) is 1.67. The molecular weight excluding hydrogens is 266 g/mol. The molecule has 0 fully saturated rings. The van der Waals surface area contributed by atoms with Crippen molar-refractivity contribution < 1.29 is 9.53 Å². The quantitative estimate of drug-likeness (QED) is 0.676. The molecule has 1 aromatic heterocycles. The second kappa shape index (κ2) is 7.19. The summed E-state index contributed by atoms with van der Waals surface area (Å²) < 4.78 is 5.49. The van der Waals surface area contributed by atoms with Crippen molar-refractivity contribution in [3.8, 4) is 5.75 Å². The molecule has 5 nitrogen and oxygen atoms in total. The largest absolute Gasteiger partial charge is 0.483 e. The molecular formula is C16H17N3O2. The number of nitrogens with one attached hydrogen (secondary N) is 1. The molecule has 21 heavy (non-hydrogen) atoms. The summed E-state index contributed by atoms with van der Waals surface area (Å²) >= 11 is 0. The summed E-state index contributed by atoms with van der Waals surface area (Å²) in [6.45, 7) is 3.84. The lowest BCUT2D eigenvalue weighted by molar-refractivity contribution is -0.123. The Labute approximate surface area is 123 Å². The first kappa shape index (κ1) is 14.7. The second-order valence-corrected chi connectivity index (χ2v) is 4.63. The monoisotopic (exact) mass is 283 g/mol. The van der Waals surface area contributed by atoms with Gasteiger partial charge in [0, 0.05) is 12.4 Å². The smallest absolute Gasteiger partial charge is 0.277 e. The Kier molecular flexibility index (Phi) is 5.04. The minimum atomic E-state index is -0.304. The zero-order chi connectivity index (χ0) is 15.1. The number of aryl methyl sites for hydroxylation is 2. The van der Waals surface area contributed by atoms with Gasteiger partial charge in [0.25, 0.3) is 5.91 Å². The van der Waals surface area contributed by atoms with E-state index in [2.05, 4.69) is 15.5 Å². The van der Waals surface area contributed by atoms with Gasteiger partial charge in [-0.2, -0.15) is 5.10 Å². The van der Waals surface area contributed by atoms with E-state index in [0.717, 1.165) is 16.7 Å². The van der Waals surface area contributed by atoms with E-state index < -0.39 is 0 Å². The average Bonchev–Trinajstić information content (AvgIpc) is 2.49. The summed E-state index contributed by atoms with van der Waals surface area (Å²) in [6.07, 6.45) is 4.87. The number of hydrazone groups is 1. The Morgan fingerprint density at radius 3 is 2.81 bits per heavy atom. The normalized spacial score (nSPS) is 10.6. The molecule has 1 heterocycles. The predicted molar refractivity (Wildman–Crippen MR) is 81.4 cm³/mol. The van der Waals surface area contributed by atoms with Crippen molar-refractivity contribution in [1.29, 1.82) is 0 Å². The van der Waals surface area contributed by atoms with Crippen LogP contribution in [-0.4, -0.2) is 23.7 Å². The number of carbonyl (C=O) groups is 1. The van der Waals surface area contributed by atoms with Gasteiger partial charge >= 0.3 is 0 Å². The summed E-state index contributed by atoms with van der Waals surface area (Å²) in [7, 11) is 0. The molecule has 0 aliphatic rings. The van der Waals surface area contributed by atoms with Crippen molar-refractivity contribution in [2.45, 2.75) is 13.8 Å². The zero-order valence-electron chi connectivity index (χ0n) is 12.0. The number of ether oxygens (including phenoxy) is 1. The summed E-state index contributed by atoms with van der Waals surface area (Å²) in [5, 5.41) is 3.86. The third-order valence-electron chi connectivity index (χ3n) is 2.81. The van der Waals surface area contributed by atoms with Crippen LogP contribution in [0, 0.1) is 13.8 Å². The van der Waals surface area contributed by atoms with Crippen LogP contribution in [0.3, 0.4) is 0 Å². The third kappa shape index (κ3) is 4.72. The number of aromatic nitrogens is 1.